The smallest absolute Gasteiger partial charge is 0.324 e. The van der Waals surface area contributed by atoms with Gasteiger partial charge in [-0.1, -0.05) is 42.3 Å². The highest BCUT2D eigenvalue weighted by Gasteiger charge is 2.37. The lowest BCUT2D eigenvalue weighted by Gasteiger charge is -2.36. The van der Waals surface area contributed by atoms with Gasteiger partial charge in [-0.25, -0.2) is 0 Å². The van der Waals surface area contributed by atoms with Gasteiger partial charge in [-0.2, -0.15) is 13.2 Å². The minimum Gasteiger partial charge on any atom is -0.324 e. The number of alkyl halides is 3. The topological polar surface area (TPSA) is 26.0 Å². The molecule has 2 N–H and O–H groups in total. The van der Waals surface area contributed by atoms with E-state index in [9.17, 15) is 13.2 Å². The van der Waals surface area contributed by atoms with Gasteiger partial charge in [-0.15, -0.1) is 0 Å². The summed E-state index contributed by atoms with van der Waals surface area (Å²) in [6.07, 6.45) is -1.53. The van der Waals surface area contributed by atoms with Gasteiger partial charge in [0.25, 0.3) is 0 Å². The summed E-state index contributed by atoms with van der Waals surface area (Å²) >= 11 is 3.11. The minimum absolute atomic E-state index is 0.124. The average Bonchev–Trinajstić information content (AvgIpc) is 2.40. The lowest BCUT2D eigenvalue weighted by molar-refractivity contribution is -0.138. The number of halogens is 4. The quantitative estimate of drug-likeness (QED) is 0.733. The second kappa shape index (κ2) is 6.29. The van der Waals surface area contributed by atoms with Crippen LogP contribution in [-0.4, -0.2) is 0 Å². The normalized spacial score (nSPS) is 28.4. The third kappa shape index (κ3) is 3.81. The maximum absolute atomic E-state index is 13.2. The first-order valence-corrected chi connectivity index (χ1v) is 8.11. The molecule has 0 radical (unpaired) electrons. The van der Waals surface area contributed by atoms with Gasteiger partial charge >= 0.3 is 6.18 Å². The van der Waals surface area contributed by atoms with Gasteiger partial charge in [0.05, 0.1) is 5.56 Å². The summed E-state index contributed by atoms with van der Waals surface area (Å²) in [6.45, 7) is 4.36. The number of benzene rings is 1. The maximum Gasteiger partial charge on any atom is 0.416 e. The standard InChI is InChI=1S/C16H21BrF3N/c1-9-3-4-11(7-10(9)2)15(21)13-6-5-12(17)8-14(13)16(18,19)20/h5-6,8-11,15H,3-4,7,21H2,1-2H3. The van der Waals surface area contributed by atoms with Crippen molar-refractivity contribution in [3.63, 3.8) is 0 Å². The van der Waals surface area contributed by atoms with E-state index in [1.165, 1.54) is 6.07 Å². The molecule has 1 aromatic carbocycles. The Morgan fingerprint density at radius 1 is 1.19 bits per heavy atom. The first-order chi connectivity index (χ1) is 9.70. The third-order valence-electron chi connectivity index (χ3n) is 4.83. The van der Waals surface area contributed by atoms with Crippen molar-refractivity contribution in [1.82, 2.24) is 0 Å². The Morgan fingerprint density at radius 2 is 1.86 bits per heavy atom. The Labute approximate surface area is 132 Å². The molecule has 5 heteroatoms. The van der Waals surface area contributed by atoms with Crippen molar-refractivity contribution in [2.24, 2.45) is 23.5 Å². The maximum atomic E-state index is 13.2. The van der Waals surface area contributed by atoms with Gasteiger partial charge in [0.1, 0.15) is 0 Å². The summed E-state index contributed by atoms with van der Waals surface area (Å²) in [5.41, 5.74) is 5.81. The van der Waals surface area contributed by atoms with Crippen LogP contribution in [0, 0.1) is 17.8 Å². The van der Waals surface area contributed by atoms with E-state index in [1.54, 1.807) is 6.07 Å². The number of rotatable bonds is 2. The van der Waals surface area contributed by atoms with Gasteiger partial charge in [0, 0.05) is 10.5 Å². The molecule has 1 aliphatic carbocycles. The van der Waals surface area contributed by atoms with Gasteiger partial charge in [0.15, 0.2) is 0 Å². The van der Waals surface area contributed by atoms with Crippen LogP contribution < -0.4 is 5.73 Å². The zero-order valence-corrected chi connectivity index (χ0v) is 13.8. The molecule has 21 heavy (non-hydrogen) atoms. The molecule has 0 heterocycles. The van der Waals surface area contributed by atoms with Gasteiger partial charge in [-0.05, 0) is 48.3 Å². The predicted octanol–water partition coefficient (Wildman–Crippen LogP) is 5.54. The van der Waals surface area contributed by atoms with Gasteiger partial charge in [-0.3, -0.25) is 0 Å². The van der Waals surface area contributed by atoms with Crippen LogP contribution in [0.4, 0.5) is 13.2 Å². The lowest BCUT2D eigenvalue weighted by Crippen LogP contribution is -2.30. The predicted molar refractivity (Wildman–Crippen MR) is 81.7 cm³/mol. The fourth-order valence-corrected chi connectivity index (χ4v) is 3.60. The fourth-order valence-electron chi connectivity index (χ4n) is 3.23. The number of hydrogen-bond donors (Lipinski definition) is 1. The average molecular weight is 364 g/mol. The molecule has 0 aliphatic heterocycles. The van der Waals surface area contributed by atoms with Crippen molar-refractivity contribution in [2.45, 2.75) is 45.3 Å². The fraction of sp³-hybridized carbons (Fsp3) is 0.625. The van der Waals surface area contributed by atoms with Crippen LogP contribution in [0.1, 0.15) is 50.3 Å². The molecule has 0 amide bonds. The molecular formula is C16H21BrF3N. The Hall–Kier alpha value is -0.550. The van der Waals surface area contributed by atoms with Crippen LogP contribution in [0.3, 0.4) is 0 Å². The highest BCUT2D eigenvalue weighted by molar-refractivity contribution is 9.10. The highest BCUT2D eigenvalue weighted by Crippen LogP contribution is 2.42. The van der Waals surface area contributed by atoms with E-state index >= 15 is 0 Å². The molecule has 0 bridgehead atoms. The zero-order valence-electron chi connectivity index (χ0n) is 12.3. The summed E-state index contributed by atoms with van der Waals surface area (Å²) in [4.78, 5) is 0. The summed E-state index contributed by atoms with van der Waals surface area (Å²) in [5.74, 6) is 1.26. The lowest BCUT2D eigenvalue weighted by atomic mass is 9.72. The molecule has 1 fully saturated rings. The van der Waals surface area contributed by atoms with Gasteiger partial charge < -0.3 is 5.73 Å². The summed E-state index contributed by atoms with van der Waals surface area (Å²) in [6, 6.07) is 3.73. The van der Waals surface area contributed by atoms with Crippen molar-refractivity contribution < 1.29 is 13.2 Å². The summed E-state index contributed by atoms with van der Waals surface area (Å²) in [7, 11) is 0. The van der Waals surface area contributed by atoms with E-state index in [-0.39, 0.29) is 11.5 Å². The zero-order chi connectivity index (χ0) is 15.8. The molecule has 0 saturated heterocycles. The van der Waals surface area contributed by atoms with Crippen molar-refractivity contribution in [1.29, 1.82) is 0 Å². The van der Waals surface area contributed by atoms with Crippen LogP contribution >= 0.6 is 15.9 Å². The van der Waals surface area contributed by atoms with Crippen LogP contribution in [0.5, 0.6) is 0 Å². The molecule has 0 aromatic heterocycles. The third-order valence-corrected chi connectivity index (χ3v) is 5.32. The SMILES string of the molecule is CC1CCC(C(N)c2ccc(Br)cc2C(F)(F)F)CC1C. The summed E-state index contributed by atoms with van der Waals surface area (Å²) < 4.78 is 40.1. The Kier molecular flexibility index (Phi) is 5.03. The molecule has 1 aromatic rings. The van der Waals surface area contributed by atoms with Crippen molar-refractivity contribution in [3.05, 3.63) is 33.8 Å². The molecule has 0 spiro atoms. The van der Waals surface area contributed by atoms with Crippen LogP contribution in [-0.2, 0) is 6.18 Å². The first-order valence-electron chi connectivity index (χ1n) is 7.32. The molecule has 4 unspecified atom stereocenters. The van der Waals surface area contributed by atoms with Crippen molar-refractivity contribution in [3.8, 4) is 0 Å². The van der Waals surface area contributed by atoms with E-state index in [0.29, 0.717) is 16.3 Å². The van der Waals surface area contributed by atoms with E-state index in [4.69, 9.17) is 5.73 Å². The molecule has 1 saturated carbocycles. The van der Waals surface area contributed by atoms with E-state index < -0.39 is 17.8 Å². The molecular weight excluding hydrogens is 343 g/mol. The second-order valence-electron chi connectivity index (χ2n) is 6.28. The second-order valence-corrected chi connectivity index (χ2v) is 7.20. The van der Waals surface area contributed by atoms with Crippen LogP contribution in [0.15, 0.2) is 22.7 Å². The Morgan fingerprint density at radius 3 is 2.43 bits per heavy atom. The highest BCUT2D eigenvalue weighted by atomic mass is 79.9. The van der Waals surface area contributed by atoms with E-state index in [0.717, 1.165) is 25.3 Å². The Bertz CT molecular complexity index is 501. The van der Waals surface area contributed by atoms with Crippen LogP contribution in [0.25, 0.3) is 0 Å². The van der Waals surface area contributed by atoms with Crippen LogP contribution in [0.2, 0.25) is 0 Å². The van der Waals surface area contributed by atoms with Crippen molar-refractivity contribution in [2.75, 3.05) is 0 Å². The molecule has 1 aliphatic rings. The molecule has 4 atom stereocenters. The van der Waals surface area contributed by atoms with Gasteiger partial charge in [0.2, 0.25) is 0 Å². The minimum atomic E-state index is -4.37. The monoisotopic (exact) mass is 363 g/mol. The summed E-state index contributed by atoms with van der Waals surface area (Å²) in [5, 5.41) is 0. The molecule has 2 rings (SSSR count). The van der Waals surface area contributed by atoms with E-state index in [2.05, 4.69) is 29.8 Å². The number of nitrogens with two attached hydrogens (primary N) is 1. The van der Waals surface area contributed by atoms with E-state index in [1.807, 2.05) is 0 Å². The largest absolute Gasteiger partial charge is 0.416 e. The Balaban J connectivity index is 2.29. The molecule has 118 valence electrons. The first kappa shape index (κ1) is 16.8. The number of hydrogen-bond acceptors (Lipinski definition) is 1. The molecule has 1 nitrogen and oxygen atoms in total. The van der Waals surface area contributed by atoms with Crippen molar-refractivity contribution >= 4 is 15.9 Å².